The number of nitrogens with zero attached hydrogens (tertiary/aromatic N) is 2. The topological polar surface area (TPSA) is 83.4 Å². The monoisotopic (exact) mass is 360 g/mol. The van der Waals surface area contributed by atoms with E-state index in [1.54, 1.807) is 48.8 Å². The van der Waals surface area contributed by atoms with Gasteiger partial charge in [-0.3, -0.25) is 4.98 Å². The zero-order valence-electron chi connectivity index (χ0n) is 14.9. The first kappa shape index (κ1) is 18.9. The summed E-state index contributed by atoms with van der Waals surface area (Å²) in [5, 5.41) is 3.00. The summed E-state index contributed by atoms with van der Waals surface area (Å²) < 4.78 is 27.9. The van der Waals surface area contributed by atoms with Gasteiger partial charge in [-0.1, -0.05) is 24.6 Å². The van der Waals surface area contributed by atoms with E-state index >= 15 is 0 Å². The lowest BCUT2D eigenvalue weighted by molar-refractivity contribution is 0.503. The van der Waals surface area contributed by atoms with Gasteiger partial charge in [0.2, 0.25) is 5.96 Å². The van der Waals surface area contributed by atoms with Crippen molar-refractivity contribution in [3.8, 4) is 0 Å². The fourth-order valence-electron chi connectivity index (χ4n) is 1.94. The van der Waals surface area contributed by atoms with Gasteiger partial charge in [-0.05, 0) is 51.5 Å². The second-order valence-corrected chi connectivity index (χ2v) is 8.09. The van der Waals surface area contributed by atoms with E-state index in [2.05, 4.69) is 20.0 Å². The molecular weight excluding hydrogens is 336 g/mol. The summed E-state index contributed by atoms with van der Waals surface area (Å²) in [6.45, 7) is 7.79. The Labute approximate surface area is 149 Å². The normalized spacial score (nSPS) is 12.7. The van der Waals surface area contributed by atoms with Gasteiger partial charge in [0.25, 0.3) is 10.0 Å². The Balaban J connectivity index is 2.33. The first-order chi connectivity index (χ1) is 11.7. The Kier molecular flexibility index (Phi) is 5.79. The summed E-state index contributed by atoms with van der Waals surface area (Å²) in [5.74, 6) is 0.167. The molecule has 6 nitrogen and oxygen atoms in total. The van der Waals surface area contributed by atoms with E-state index < -0.39 is 15.6 Å². The van der Waals surface area contributed by atoms with Gasteiger partial charge < -0.3 is 5.32 Å². The summed E-state index contributed by atoms with van der Waals surface area (Å²) in [4.78, 5) is 8.75. The van der Waals surface area contributed by atoms with Crippen molar-refractivity contribution in [3.63, 3.8) is 0 Å². The summed E-state index contributed by atoms with van der Waals surface area (Å²) in [7, 11) is -3.74. The van der Waals surface area contributed by atoms with Crippen molar-refractivity contribution in [2.24, 2.45) is 4.99 Å². The second kappa shape index (κ2) is 7.65. The van der Waals surface area contributed by atoms with Crippen LogP contribution in [0.3, 0.4) is 0 Å². The Hall–Kier alpha value is -2.41. The lowest BCUT2D eigenvalue weighted by atomic mass is 10.0. The predicted molar refractivity (Wildman–Crippen MR) is 101 cm³/mol. The molecule has 7 heteroatoms. The van der Waals surface area contributed by atoms with Gasteiger partial charge in [0.1, 0.15) is 0 Å². The van der Waals surface area contributed by atoms with Crippen LogP contribution in [0.1, 0.15) is 32.8 Å². The van der Waals surface area contributed by atoms with Gasteiger partial charge in [-0.15, -0.1) is 0 Å². The molecule has 0 atom stereocenters. The highest BCUT2D eigenvalue weighted by Crippen LogP contribution is 2.16. The van der Waals surface area contributed by atoms with Crippen molar-refractivity contribution in [1.82, 2.24) is 9.71 Å². The average molecular weight is 360 g/mol. The standard InChI is InChI=1S/C18H24N4O2S/c1-5-18(3,4)21-17(20-15-7-6-12-19-13-15)22-25(23,24)16-10-8-14(2)9-11-16/h6-13H,5H2,1-4H3,(H2,20,21,22). The molecule has 1 aromatic heterocycles. The van der Waals surface area contributed by atoms with Crippen LogP contribution in [0.2, 0.25) is 0 Å². The van der Waals surface area contributed by atoms with Gasteiger partial charge in [-0.2, -0.15) is 0 Å². The molecule has 134 valence electrons. The zero-order chi connectivity index (χ0) is 18.5. The van der Waals surface area contributed by atoms with E-state index in [-0.39, 0.29) is 10.9 Å². The molecule has 2 N–H and O–H groups in total. The van der Waals surface area contributed by atoms with Gasteiger partial charge in [0.15, 0.2) is 0 Å². The van der Waals surface area contributed by atoms with E-state index in [9.17, 15) is 8.42 Å². The third kappa shape index (κ3) is 5.56. The highest BCUT2D eigenvalue weighted by molar-refractivity contribution is 7.90. The molecule has 0 aliphatic carbocycles. The summed E-state index contributed by atoms with van der Waals surface area (Å²) in [6.07, 6.45) is 4.01. The molecule has 1 heterocycles. The minimum Gasteiger partial charge on any atom is -0.324 e. The van der Waals surface area contributed by atoms with Crippen LogP contribution in [-0.4, -0.2) is 24.9 Å². The minimum absolute atomic E-state index is 0.167. The number of hydrogen-bond donors (Lipinski definition) is 2. The molecule has 1 aromatic carbocycles. The fourth-order valence-corrected chi connectivity index (χ4v) is 2.90. The summed E-state index contributed by atoms with van der Waals surface area (Å²) >= 11 is 0. The first-order valence-electron chi connectivity index (χ1n) is 8.08. The molecule has 2 aromatic rings. The molecule has 0 radical (unpaired) electrons. The Bertz CT molecular complexity index is 829. The maximum absolute atomic E-state index is 12.7. The SMILES string of the molecule is CCC(C)(C)N=C(Nc1cccnc1)NS(=O)(=O)c1ccc(C)cc1. The highest BCUT2D eigenvalue weighted by atomic mass is 32.2. The van der Waals surface area contributed by atoms with Crippen molar-refractivity contribution < 1.29 is 8.42 Å². The smallest absolute Gasteiger partial charge is 0.264 e. The van der Waals surface area contributed by atoms with Crippen LogP contribution in [0.15, 0.2) is 58.7 Å². The van der Waals surface area contributed by atoms with Crippen molar-refractivity contribution >= 4 is 21.7 Å². The van der Waals surface area contributed by atoms with Crippen LogP contribution in [-0.2, 0) is 10.0 Å². The van der Waals surface area contributed by atoms with Crippen LogP contribution in [0.4, 0.5) is 5.69 Å². The quantitative estimate of drug-likeness (QED) is 0.633. The minimum atomic E-state index is -3.74. The van der Waals surface area contributed by atoms with Crippen LogP contribution >= 0.6 is 0 Å². The van der Waals surface area contributed by atoms with E-state index in [0.717, 1.165) is 12.0 Å². The number of aryl methyl sites for hydroxylation is 1. The summed E-state index contributed by atoms with van der Waals surface area (Å²) in [6, 6.07) is 10.2. The highest BCUT2D eigenvalue weighted by Gasteiger charge is 2.20. The third-order valence-electron chi connectivity index (χ3n) is 3.77. The number of hydrogen-bond acceptors (Lipinski definition) is 4. The van der Waals surface area contributed by atoms with Crippen LogP contribution in [0.5, 0.6) is 0 Å². The van der Waals surface area contributed by atoms with Crippen LogP contribution < -0.4 is 10.0 Å². The third-order valence-corrected chi connectivity index (χ3v) is 5.12. The number of pyridine rings is 1. The molecule has 2 rings (SSSR count). The number of benzene rings is 1. The number of guanidine groups is 1. The molecular formula is C18H24N4O2S. The van der Waals surface area contributed by atoms with Crippen molar-refractivity contribution in [1.29, 1.82) is 0 Å². The van der Waals surface area contributed by atoms with Crippen LogP contribution in [0.25, 0.3) is 0 Å². The lowest BCUT2D eigenvalue weighted by Gasteiger charge is -2.21. The zero-order valence-corrected chi connectivity index (χ0v) is 15.8. The molecule has 25 heavy (non-hydrogen) atoms. The first-order valence-corrected chi connectivity index (χ1v) is 9.56. The number of aromatic nitrogens is 1. The Morgan fingerprint density at radius 3 is 2.44 bits per heavy atom. The molecule has 0 amide bonds. The molecule has 0 bridgehead atoms. The predicted octanol–water partition coefficient (Wildman–Crippen LogP) is 3.33. The van der Waals surface area contributed by atoms with E-state index in [1.807, 2.05) is 27.7 Å². The number of aliphatic imine (C=N–C) groups is 1. The Morgan fingerprint density at radius 2 is 1.88 bits per heavy atom. The largest absolute Gasteiger partial charge is 0.324 e. The van der Waals surface area contributed by atoms with Crippen LogP contribution in [0, 0.1) is 6.92 Å². The van der Waals surface area contributed by atoms with E-state index in [1.165, 1.54) is 0 Å². The number of sulfonamides is 1. The van der Waals surface area contributed by atoms with Crippen molar-refractivity contribution in [3.05, 3.63) is 54.4 Å². The molecule has 0 saturated carbocycles. The van der Waals surface area contributed by atoms with Gasteiger partial charge in [-0.25, -0.2) is 18.1 Å². The van der Waals surface area contributed by atoms with Gasteiger partial charge in [0, 0.05) is 6.20 Å². The second-order valence-electron chi connectivity index (χ2n) is 6.41. The average Bonchev–Trinajstić information content (AvgIpc) is 2.55. The Morgan fingerprint density at radius 1 is 1.20 bits per heavy atom. The molecule has 0 unspecified atom stereocenters. The van der Waals surface area contributed by atoms with E-state index in [0.29, 0.717) is 5.69 Å². The molecule has 0 saturated heterocycles. The van der Waals surface area contributed by atoms with Gasteiger partial charge >= 0.3 is 0 Å². The molecule has 0 spiro atoms. The fraction of sp³-hybridized carbons (Fsp3) is 0.333. The van der Waals surface area contributed by atoms with E-state index in [4.69, 9.17) is 0 Å². The number of rotatable bonds is 5. The van der Waals surface area contributed by atoms with Gasteiger partial charge in [0.05, 0.1) is 22.3 Å². The summed E-state index contributed by atoms with van der Waals surface area (Å²) in [5.41, 5.74) is 1.23. The van der Waals surface area contributed by atoms with Crippen molar-refractivity contribution in [2.75, 3.05) is 5.32 Å². The molecule has 0 aliphatic rings. The molecule has 0 fully saturated rings. The van der Waals surface area contributed by atoms with Crippen molar-refractivity contribution in [2.45, 2.75) is 44.6 Å². The maximum Gasteiger partial charge on any atom is 0.264 e. The molecule has 0 aliphatic heterocycles. The lowest BCUT2D eigenvalue weighted by Crippen LogP contribution is -2.38. The number of nitrogens with one attached hydrogen (secondary N) is 2. The number of anilines is 1. The maximum atomic E-state index is 12.7.